The third-order valence-corrected chi connectivity index (χ3v) is 4.33. The average Bonchev–Trinajstić information content (AvgIpc) is 2.75. The smallest absolute Gasteiger partial charge is 0.233 e. The Balaban J connectivity index is 2.23. The third-order valence-electron chi connectivity index (χ3n) is 4.09. The third kappa shape index (κ3) is 1.43. The first kappa shape index (κ1) is 11.1. The molecule has 1 aromatic rings. The van der Waals surface area contributed by atoms with Gasteiger partial charge in [-0.25, -0.2) is 0 Å². The van der Waals surface area contributed by atoms with Crippen LogP contribution in [0.5, 0.6) is 0 Å². The maximum atomic E-state index is 12.5. The first-order valence-electron chi connectivity index (χ1n) is 6.13. The van der Waals surface area contributed by atoms with Crippen LogP contribution in [0.4, 0.5) is 0 Å². The van der Waals surface area contributed by atoms with Crippen LogP contribution in [0.3, 0.4) is 0 Å². The first-order chi connectivity index (χ1) is 8.01. The number of fused-ring (bicyclic) bond motifs is 3. The van der Waals surface area contributed by atoms with Gasteiger partial charge in [0.25, 0.3) is 0 Å². The molecule has 3 rings (SSSR count). The molecule has 1 unspecified atom stereocenters. The minimum Gasteiger partial charge on any atom is -0.335 e. The van der Waals surface area contributed by atoms with E-state index in [1.54, 1.807) is 0 Å². The van der Waals surface area contributed by atoms with Crippen molar-refractivity contribution in [2.75, 3.05) is 6.54 Å². The van der Waals surface area contributed by atoms with Crippen molar-refractivity contribution in [3.8, 4) is 0 Å². The van der Waals surface area contributed by atoms with Crippen LogP contribution in [0.15, 0.2) is 18.2 Å². The van der Waals surface area contributed by atoms with E-state index in [0.29, 0.717) is 0 Å². The molecule has 2 aliphatic rings. The minimum atomic E-state index is -0.416. The standard InChI is InChI=1S/C14H16ClNO/c1-14(2)11-6-5-9(15)8-10(11)12-4-3-7-16(12)13(14)17/h5-6,8,12H,3-4,7H2,1-2H3. The maximum absolute atomic E-state index is 12.5. The number of hydrogen-bond acceptors (Lipinski definition) is 1. The zero-order valence-corrected chi connectivity index (χ0v) is 10.9. The van der Waals surface area contributed by atoms with Gasteiger partial charge in [-0.3, -0.25) is 4.79 Å². The predicted octanol–water partition coefficient (Wildman–Crippen LogP) is 3.29. The zero-order chi connectivity index (χ0) is 12.2. The molecular weight excluding hydrogens is 234 g/mol. The van der Waals surface area contributed by atoms with Gasteiger partial charge in [-0.05, 0) is 49.9 Å². The highest BCUT2D eigenvalue weighted by molar-refractivity contribution is 6.30. The van der Waals surface area contributed by atoms with E-state index in [-0.39, 0.29) is 11.9 Å². The Labute approximate surface area is 107 Å². The van der Waals surface area contributed by atoms with Crippen LogP contribution in [0.25, 0.3) is 0 Å². The van der Waals surface area contributed by atoms with Gasteiger partial charge in [0.2, 0.25) is 5.91 Å². The summed E-state index contributed by atoms with van der Waals surface area (Å²) in [5.41, 5.74) is 1.98. The summed E-state index contributed by atoms with van der Waals surface area (Å²) in [6.07, 6.45) is 2.16. The lowest BCUT2D eigenvalue weighted by molar-refractivity contribution is -0.138. The molecule has 1 fully saturated rings. The van der Waals surface area contributed by atoms with Gasteiger partial charge in [0.15, 0.2) is 0 Å². The van der Waals surface area contributed by atoms with Crippen LogP contribution in [-0.2, 0) is 10.2 Å². The van der Waals surface area contributed by atoms with Crippen molar-refractivity contribution in [1.29, 1.82) is 0 Å². The van der Waals surface area contributed by atoms with Crippen LogP contribution >= 0.6 is 11.6 Å². The van der Waals surface area contributed by atoms with Crippen molar-refractivity contribution < 1.29 is 4.79 Å². The van der Waals surface area contributed by atoms with Gasteiger partial charge in [0.05, 0.1) is 11.5 Å². The van der Waals surface area contributed by atoms with Crippen LogP contribution in [0.2, 0.25) is 5.02 Å². The van der Waals surface area contributed by atoms with E-state index in [4.69, 9.17) is 11.6 Å². The summed E-state index contributed by atoms with van der Waals surface area (Å²) in [6, 6.07) is 6.20. The second-order valence-electron chi connectivity index (χ2n) is 5.51. The van der Waals surface area contributed by atoms with Gasteiger partial charge in [0, 0.05) is 11.6 Å². The Morgan fingerprint density at radius 3 is 2.94 bits per heavy atom. The van der Waals surface area contributed by atoms with Crippen molar-refractivity contribution >= 4 is 17.5 Å². The molecule has 3 heteroatoms. The van der Waals surface area contributed by atoms with Crippen molar-refractivity contribution in [3.05, 3.63) is 34.3 Å². The molecule has 0 bridgehead atoms. The van der Waals surface area contributed by atoms with Crippen LogP contribution in [0, 0.1) is 0 Å². The summed E-state index contributed by atoms with van der Waals surface area (Å²) < 4.78 is 0. The van der Waals surface area contributed by atoms with Gasteiger partial charge < -0.3 is 4.90 Å². The molecule has 90 valence electrons. The molecule has 1 saturated heterocycles. The highest BCUT2D eigenvalue weighted by atomic mass is 35.5. The number of hydrogen-bond donors (Lipinski definition) is 0. The zero-order valence-electron chi connectivity index (χ0n) is 10.2. The fourth-order valence-electron chi connectivity index (χ4n) is 3.19. The van der Waals surface area contributed by atoms with Crippen LogP contribution in [0.1, 0.15) is 43.9 Å². The molecule has 1 atom stereocenters. The van der Waals surface area contributed by atoms with Gasteiger partial charge in [-0.15, -0.1) is 0 Å². The number of nitrogens with zero attached hydrogens (tertiary/aromatic N) is 1. The monoisotopic (exact) mass is 249 g/mol. The number of amides is 1. The molecule has 0 radical (unpaired) electrons. The highest BCUT2D eigenvalue weighted by Gasteiger charge is 2.46. The molecule has 0 spiro atoms. The van der Waals surface area contributed by atoms with Crippen LogP contribution < -0.4 is 0 Å². The van der Waals surface area contributed by atoms with Gasteiger partial charge >= 0.3 is 0 Å². The van der Waals surface area contributed by atoms with E-state index in [1.807, 2.05) is 36.9 Å². The quantitative estimate of drug-likeness (QED) is 0.691. The van der Waals surface area contributed by atoms with E-state index in [2.05, 4.69) is 0 Å². The maximum Gasteiger partial charge on any atom is 0.233 e. The topological polar surface area (TPSA) is 20.3 Å². The van der Waals surface area contributed by atoms with Gasteiger partial charge in [-0.1, -0.05) is 17.7 Å². The first-order valence-corrected chi connectivity index (χ1v) is 6.50. The lowest BCUT2D eigenvalue weighted by Crippen LogP contribution is -2.47. The van der Waals surface area contributed by atoms with Crippen molar-refractivity contribution in [2.24, 2.45) is 0 Å². The van der Waals surface area contributed by atoms with Crippen molar-refractivity contribution in [3.63, 3.8) is 0 Å². The summed E-state index contributed by atoms with van der Waals surface area (Å²) in [7, 11) is 0. The molecule has 2 nitrogen and oxygen atoms in total. The number of halogens is 1. The number of benzene rings is 1. The molecule has 2 aliphatic heterocycles. The molecule has 0 saturated carbocycles. The Morgan fingerprint density at radius 2 is 2.18 bits per heavy atom. The minimum absolute atomic E-state index is 0.254. The summed E-state index contributed by atoms with van der Waals surface area (Å²) in [5.74, 6) is 0.259. The largest absolute Gasteiger partial charge is 0.335 e. The van der Waals surface area contributed by atoms with E-state index in [9.17, 15) is 4.79 Å². The molecule has 1 aromatic carbocycles. The summed E-state index contributed by atoms with van der Waals surface area (Å²) in [6.45, 7) is 4.91. The summed E-state index contributed by atoms with van der Waals surface area (Å²) in [4.78, 5) is 14.5. The lowest BCUT2D eigenvalue weighted by atomic mass is 9.75. The summed E-state index contributed by atoms with van der Waals surface area (Å²) >= 11 is 6.09. The SMILES string of the molecule is CC1(C)C(=O)N2CCCC2c2cc(Cl)ccc21. The lowest BCUT2D eigenvalue weighted by Gasteiger charge is -2.41. The van der Waals surface area contributed by atoms with E-state index < -0.39 is 5.41 Å². The fourth-order valence-corrected chi connectivity index (χ4v) is 3.37. The normalized spacial score (nSPS) is 25.7. The molecule has 0 N–H and O–H groups in total. The Morgan fingerprint density at radius 1 is 1.41 bits per heavy atom. The molecule has 17 heavy (non-hydrogen) atoms. The molecule has 2 heterocycles. The Hall–Kier alpha value is -1.02. The Kier molecular flexibility index (Phi) is 2.27. The highest BCUT2D eigenvalue weighted by Crippen LogP contribution is 2.45. The molecular formula is C14H16ClNO. The number of rotatable bonds is 0. The summed E-state index contributed by atoms with van der Waals surface area (Å²) in [5, 5.41) is 0.765. The molecule has 1 amide bonds. The van der Waals surface area contributed by atoms with E-state index in [0.717, 1.165) is 30.0 Å². The van der Waals surface area contributed by atoms with Gasteiger partial charge in [-0.2, -0.15) is 0 Å². The Bertz CT molecular complexity index is 495. The average molecular weight is 250 g/mol. The second-order valence-corrected chi connectivity index (χ2v) is 5.95. The second kappa shape index (κ2) is 3.49. The fraction of sp³-hybridized carbons (Fsp3) is 0.500. The van der Waals surface area contributed by atoms with Gasteiger partial charge in [0.1, 0.15) is 0 Å². The van der Waals surface area contributed by atoms with Crippen molar-refractivity contribution in [1.82, 2.24) is 4.90 Å². The molecule has 0 aliphatic carbocycles. The van der Waals surface area contributed by atoms with Crippen molar-refractivity contribution in [2.45, 2.75) is 38.1 Å². The number of carbonyl (C=O) groups is 1. The predicted molar refractivity (Wildman–Crippen MR) is 68.2 cm³/mol. The van der Waals surface area contributed by atoms with E-state index in [1.165, 1.54) is 5.56 Å². The van der Waals surface area contributed by atoms with E-state index >= 15 is 0 Å². The number of carbonyl (C=O) groups excluding carboxylic acids is 1. The molecule has 0 aromatic heterocycles. The van der Waals surface area contributed by atoms with Crippen LogP contribution in [-0.4, -0.2) is 17.4 Å².